The van der Waals surface area contributed by atoms with Gasteiger partial charge >= 0.3 is 11.9 Å². The van der Waals surface area contributed by atoms with Gasteiger partial charge in [-0.15, -0.1) is 0 Å². The highest BCUT2D eigenvalue weighted by Gasteiger charge is 2.25. The Bertz CT molecular complexity index is 1890. The van der Waals surface area contributed by atoms with Gasteiger partial charge in [0.15, 0.2) is 0 Å². The summed E-state index contributed by atoms with van der Waals surface area (Å²) in [5, 5.41) is 9.63. The molecule has 1 saturated carbocycles. The maximum Gasteiger partial charge on any atom is 0.337 e. The van der Waals surface area contributed by atoms with E-state index in [0.717, 1.165) is 55.2 Å². The molecule has 1 heterocycles. The fourth-order valence-electron chi connectivity index (χ4n) is 6.44. The van der Waals surface area contributed by atoms with Crippen LogP contribution in [-0.2, 0) is 17.8 Å². The van der Waals surface area contributed by atoms with Gasteiger partial charge in [-0.25, -0.2) is 19.0 Å². The van der Waals surface area contributed by atoms with Gasteiger partial charge in [0.1, 0.15) is 24.0 Å². The first-order valence-electron chi connectivity index (χ1n) is 16.8. The van der Waals surface area contributed by atoms with Crippen LogP contribution >= 0.6 is 0 Å². The lowest BCUT2D eigenvalue weighted by Gasteiger charge is -2.25. The molecule has 0 aliphatic heterocycles. The van der Waals surface area contributed by atoms with Crippen molar-refractivity contribution in [1.29, 1.82) is 0 Å². The van der Waals surface area contributed by atoms with E-state index in [1.807, 2.05) is 32.0 Å². The summed E-state index contributed by atoms with van der Waals surface area (Å²) in [6.45, 7) is 6.20. The number of rotatable bonds is 10. The second kappa shape index (κ2) is 15.7. The molecule has 8 heteroatoms. The lowest BCUT2D eigenvalue weighted by atomic mass is 9.94. The third kappa shape index (κ3) is 7.43. The van der Waals surface area contributed by atoms with Crippen molar-refractivity contribution in [1.82, 2.24) is 9.55 Å². The van der Waals surface area contributed by atoms with Crippen LogP contribution in [0.15, 0.2) is 78.9 Å². The van der Waals surface area contributed by atoms with Crippen molar-refractivity contribution in [3.63, 3.8) is 0 Å². The quantitative estimate of drug-likeness (QED) is 0.151. The predicted octanol–water partition coefficient (Wildman–Crippen LogP) is 10.1. The Morgan fingerprint density at radius 3 is 2.27 bits per heavy atom. The number of carbonyl (C=O) groups is 2. The van der Waals surface area contributed by atoms with Gasteiger partial charge in [0.25, 0.3) is 0 Å². The number of aromatic nitrogens is 2. The van der Waals surface area contributed by atoms with Gasteiger partial charge in [-0.05, 0) is 84.0 Å². The molecule has 0 amide bonds. The van der Waals surface area contributed by atoms with Crippen LogP contribution in [-0.4, -0.2) is 33.7 Å². The van der Waals surface area contributed by atoms with Crippen molar-refractivity contribution >= 4 is 23.0 Å². The lowest BCUT2D eigenvalue weighted by Crippen LogP contribution is -2.14. The second-order valence-corrected chi connectivity index (χ2v) is 11.8. The number of esters is 1. The van der Waals surface area contributed by atoms with E-state index < -0.39 is 17.8 Å². The molecule has 5 aromatic rings. The number of nitrogens with zero attached hydrogens (tertiary/aromatic N) is 2. The van der Waals surface area contributed by atoms with E-state index >= 15 is 4.39 Å². The number of ether oxygens (including phenoxy) is 2. The van der Waals surface area contributed by atoms with Crippen LogP contribution in [0.1, 0.15) is 97.2 Å². The van der Waals surface area contributed by atoms with Crippen molar-refractivity contribution in [3.8, 4) is 28.3 Å². The maximum atomic E-state index is 15.9. The molecule has 48 heavy (non-hydrogen) atoms. The number of hydrogen-bond acceptors (Lipinski definition) is 5. The normalized spacial score (nSPS) is 13.1. The Hall–Kier alpha value is -4.98. The molecule has 1 fully saturated rings. The number of carbonyl (C=O) groups excluding carboxylic acids is 1. The number of aromatic carboxylic acids is 1. The first-order chi connectivity index (χ1) is 23.4. The molecule has 0 spiro atoms. The van der Waals surface area contributed by atoms with Gasteiger partial charge in [-0.2, -0.15) is 0 Å². The molecule has 0 saturated heterocycles. The summed E-state index contributed by atoms with van der Waals surface area (Å²) in [6.07, 6.45) is 7.34. The van der Waals surface area contributed by atoms with E-state index in [-0.39, 0.29) is 18.2 Å². The summed E-state index contributed by atoms with van der Waals surface area (Å²) in [4.78, 5) is 28.8. The number of hydrogen-bond donors (Lipinski definition) is 1. The van der Waals surface area contributed by atoms with Crippen molar-refractivity contribution < 1.29 is 28.6 Å². The molecule has 0 bridgehead atoms. The minimum atomic E-state index is -1.03. The van der Waals surface area contributed by atoms with E-state index in [9.17, 15) is 14.7 Å². The van der Waals surface area contributed by atoms with E-state index in [1.165, 1.54) is 25.2 Å². The van der Waals surface area contributed by atoms with Crippen LogP contribution in [0.5, 0.6) is 5.75 Å². The fourth-order valence-corrected chi connectivity index (χ4v) is 6.44. The summed E-state index contributed by atoms with van der Waals surface area (Å²) in [5.41, 5.74) is 6.09. The van der Waals surface area contributed by atoms with Crippen LogP contribution in [0, 0.1) is 5.82 Å². The van der Waals surface area contributed by atoms with Crippen LogP contribution in [0.4, 0.5) is 4.39 Å². The van der Waals surface area contributed by atoms with E-state index in [2.05, 4.69) is 23.6 Å². The Labute approximate surface area is 281 Å². The number of carboxylic acids is 1. The number of fused-ring (bicyclic) bond motifs is 1. The first-order valence-corrected chi connectivity index (χ1v) is 16.8. The Kier molecular flexibility index (Phi) is 11.3. The predicted molar refractivity (Wildman–Crippen MR) is 187 cm³/mol. The third-order valence-electron chi connectivity index (χ3n) is 8.78. The van der Waals surface area contributed by atoms with Gasteiger partial charge in [0, 0.05) is 12.1 Å². The van der Waals surface area contributed by atoms with Crippen molar-refractivity contribution in [2.24, 2.45) is 0 Å². The Morgan fingerprint density at radius 2 is 1.60 bits per heavy atom. The minimum Gasteiger partial charge on any atom is -0.489 e. The SMILES string of the molecule is CC.CCCc1ccc(-c2ccc(C(=O)O)cc2COc2ccc(-c3nc4cc(C(=O)OC)ccc4n3C3CCCCC3)c(F)c2)cc1. The Balaban J connectivity index is 0.00000221. The molecule has 1 aromatic heterocycles. The average molecular weight is 651 g/mol. The maximum absolute atomic E-state index is 15.9. The molecule has 6 rings (SSSR count). The molecular weight excluding hydrogens is 607 g/mol. The number of halogens is 1. The molecule has 4 aromatic carbocycles. The second-order valence-electron chi connectivity index (χ2n) is 11.8. The van der Waals surface area contributed by atoms with Gasteiger partial charge in [-0.3, -0.25) is 0 Å². The monoisotopic (exact) mass is 650 g/mol. The summed E-state index contributed by atoms with van der Waals surface area (Å²) < 4.78 is 29.0. The van der Waals surface area contributed by atoms with E-state index in [1.54, 1.807) is 42.5 Å². The number of aryl methyl sites for hydroxylation is 1. The summed E-state index contributed by atoms with van der Waals surface area (Å²) >= 11 is 0. The lowest BCUT2D eigenvalue weighted by molar-refractivity contribution is 0.0600. The smallest absolute Gasteiger partial charge is 0.337 e. The van der Waals surface area contributed by atoms with Crippen molar-refractivity contribution in [3.05, 3.63) is 107 Å². The largest absolute Gasteiger partial charge is 0.489 e. The summed E-state index contributed by atoms with van der Waals surface area (Å²) in [7, 11) is 1.34. The zero-order valence-corrected chi connectivity index (χ0v) is 28.1. The fraction of sp³-hybridized carbons (Fsp3) is 0.325. The molecule has 250 valence electrons. The molecular formula is C40H43FN2O5. The molecule has 0 atom stereocenters. The van der Waals surface area contributed by atoms with Gasteiger partial charge in [0.2, 0.25) is 0 Å². The summed E-state index contributed by atoms with van der Waals surface area (Å²) in [5.74, 6) is -1.13. The van der Waals surface area contributed by atoms with Crippen LogP contribution in [0.25, 0.3) is 33.5 Å². The molecule has 1 N–H and O–H groups in total. The van der Waals surface area contributed by atoms with Gasteiger partial charge < -0.3 is 19.1 Å². The molecule has 7 nitrogen and oxygen atoms in total. The summed E-state index contributed by atoms with van der Waals surface area (Å²) in [6, 6.07) is 23.4. The zero-order chi connectivity index (χ0) is 34.2. The number of methoxy groups -OCH3 is 1. The highest BCUT2D eigenvalue weighted by atomic mass is 19.1. The van der Waals surface area contributed by atoms with E-state index in [4.69, 9.17) is 14.5 Å². The van der Waals surface area contributed by atoms with Crippen LogP contribution in [0.3, 0.4) is 0 Å². The average Bonchev–Trinajstić information content (AvgIpc) is 3.50. The molecule has 0 unspecified atom stereocenters. The van der Waals surface area contributed by atoms with E-state index in [0.29, 0.717) is 33.8 Å². The number of imidazole rings is 1. The van der Waals surface area contributed by atoms with Gasteiger partial charge in [-0.1, -0.05) is 76.8 Å². The van der Waals surface area contributed by atoms with Crippen molar-refractivity contribution in [2.75, 3.05) is 7.11 Å². The Morgan fingerprint density at radius 1 is 0.896 bits per heavy atom. The highest BCUT2D eigenvalue weighted by Crippen LogP contribution is 2.38. The first kappa shape index (κ1) is 34.4. The van der Waals surface area contributed by atoms with Crippen LogP contribution < -0.4 is 4.74 Å². The topological polar surface area (TPSA) is 90.7 Å². The highest BCUT2D eigenvalue weighted by molar-refractivity contribution is 5.94. The number of carboxylic acid groups (broad SMARTS) is 1. The zero-order valence-electron chi connectivity index (χ0n) is 28.1. The minimum absolute atomic E-state index is 0.0584. The number of benzene rings is 4. The van der Waals surface area contributed by atoms with Gasteiger partial charge in [0.05, 0.1) is 34.8 Å². The van der Waals surface area contributed by atoms with Crippen molar-refractivity contribution in [2.45, 2.75) is 78.4 Å². The molecule has 0 radical (unpaired) electrons. The third-order valence-corrected chi connectivity index (χ3v) is 8.78. The molecule has 1 aliphatic carbocycles. The molecule has 1 aliphatic rings. The standard InChI is InChI=1S/C38H37FN2O5.C2H6/c1-3-7-24-10-12-25(13-11-24)31-17-14-26(37(42)43)20-28(31)23-46-30-16-18-32(33(39)22-30)36-40-34-21-27(38(44)45-2)15-19-35(34)41(36)29-8-5-4-6-9-29;1-2/h10-22,29H,3-9,23H2,1-2H3,(H,42,43);1-2H3. The van der Waals surface area contributed by atoms with Crippen LogP contribution in [0.2, 0.25) is 0 Å².